The van der Waals surface area contributed by atoms with E-state index in [4.69, 9.17) is 4.74 Å². The van der Waals surface area contributed by atoms with Gasteiger partial charge in [-0.1, -0.05) is 78.3 Å². The zero-order chi connectivity index (χ0) is 33.0. The lowest BCUT2D eigenvalue weighted by atomic mass is 9.83. The van der Waals surface area contributed by atoms with Gasteiger partial charge in [-0.05, 0) is 54.0 Å². The monoisotopic (exact) mass is 661 g/mol. The molecule has 2 aliphatic rings. The number of rotatable bonds is 12. The Labute approximate surface area is 279 Å². The van der Waals surface area contributed by atoms with Crippen LogP contribution in [-0.2, 0) is 33.9 Å². The van der Waals surface area contributed by atoms with Crippen molar-refractivity contribution in [2.45, 2.75) is 63.8 Å². The number of amides is 4. The van der Waals surface area contributed by atoms with Gasteiger partial charge in [0.05, 0.1) is 6.20 Å². The Bertz CT molecular complexity index is 1460. The Hall–Kier alpha value is -4.36. The van der Waals surface area contributed by atoms with Crippen molar-refractivity contribution < 1.29 is 23.9 Å². The van der Waals surface area contributed by atoms with Crippen molar-refractivity contribution in [2.24, 2.45) is 5.92 Å². The predicted octanol–water partition coefficient (Wildman–Crippen LogP) is 3.14. The van der Waals surface area contributed by atoms with Crippen LogP contribution in [0.2, 0.25) is 0 Å². The first kappa shape index (κ1) is 34.0. The summed E-state index contributed by atoms with van der Waals surface area (Å²) in [6, 6.07) is 15.6. The summed E-state index contributed by atoms with van der Waals surface area (Å²) in [4.78, 5) is 56.8. The highest BCUT2D eigenvalue weighted by Gasteiger charge is 2.32. The maximum atomic E-state index is 13.5. The molecule has 1 saturated carbocycles. The predicted molar refractivity (Wildman–Crippen MR) is 177 cm³/mol. The van der Waals surface area contributed by atoms with E-state index >= 15 is 0 Å². The Kier molecular flexibility index (Phi) is 12.3. The minimum Gasteiger partial charge on any atom is -0.445 e. The van der Waals surface area contributed by atoms with Gasteiger partial charge in [-0.3, -0.25) is 14.4 Å². The molecule has 2 aromatic carbocycles. The van der Waals surface area contributed by atoms with Gasteiger partial charge in [0.25, 0.3) is 5.91 Å². The number of piperazine rings is 1. The Morgan fingerprint density at radius 2 is 1.60 bits per heavy atom. The average Bonchev–Trinajstić information content (AvgIpc) is 3.65. The largest absolute Gasteiger partial charge is 0.445 e. The van der Waals surface area contributed by atoms with Gasteiger partial charge < -0.3 is 30.5 Å². The number of benzene rings is 2. The normalized spacial score (nSPS) is 16.9. The lowest BCUT2D eigenvalue weighted by Crippen LogP contribution is -2.54. The molecule has 3 N–H and O–H groups in total. The fraction of sp³-hybridized carbons (Fsp3) is 0.471. The van der Waals surface area contributed by atoms with Gasteiger partial charge in [0.15, 0.2) is 0 Å². The second-order valence-electron chi connectivity index (χ2n) is 12.3. The minimum absolute atomic E-state index is 0.0427. The molecule has 2 fully saturated rings. The number of carbonyl (C=O) groups excluding carboxylic acids is 4. The summed E-state index contributed by atoms with van der Waals surface area (Å²) >= 11 is 0.983. The van der Waals surface area contributed by atoms with E-state index in [1.165, 1.54) is 6.20 Å². The number of nitrogens with zero attached hydrogens (tertiary/aromatic N) is 4. The van der Waals surface area contributed by atoms with Crippen molar-refractivity contribution in [2.75, 3.05) is 33.2 Å². The van der Waals surface area contributed by atoms with E-state index in [2.05, 4.69) is 30.4 Å². The van der Waals surface area contributed by atoms with Crippen LogP contribution in [0.25, 0.3) is 0 Å². The molecule has 5 rings (SSSR count). The lowest BCUT2D eigenvalue weighted by Gasteiger charge is -2.34. The zero-order valence-corrected chi connectivity index (χ0v) is 27.5. The molecule has 0 bridgehead atoms. The molecule has 1 aliphatic carbocycles. The molecule has 4 amide bonds. The fourth-order valence-electron chi connectivity index (χ4n) is 6.03. The van der Waals surface area contributed by atoms with Crippen LogP contribution >= 0.6 is 11.5 Å². The molecule has 0 unspecified atom stereocenters. The van der Waals surface area contributed by atoms with Gasteiger partial charge in [-0.25, -0.2) is 4.79 Å². The number of hydrogen-bond acceptors (Lipinski definition) is 9. The Balaban J connectivity index is 1.18. The molecule has 12 nitrogen and oxygen atoms in total. The summed E-state index contributed by atoms with van der Waals surface area (Å²) in [6.07, 6.45) is 6.02. The van der Waals surface area contributed by atoms with Crippen LogP contribution in [0, 0.1) is 5.92 Å². The van der Waals surface area contributed by atoms with Crippen LogP contribution in [-0.4, -0.2) is 88.5 Å². The molecule has 1 aliphatic heterocycles. The third-order valence-electron chi connectivity index (χ3n) is 8.82. The van der Waals surface area contributed by atoms with Gasteiger partial charge >= 0.3 is 6.09 Å². The van der Waals surface area contributed by atoms with E-state index in [-0.39, 0.29) is 36.8 Å². The summed E-state index contributed by atoms with van der Waals surface area (Å²) < 4.78 is 9.18. The SMILES string of the molecule is CN1CCN(C(=O)[C@@H](Cc2ccc(CNC(=O)[C@@H](NC(=O)OCc3ccccc3)C3CCCCC3)cc2)NC(=O)c2cnns2)CC1. The van der Waals surface area contributed by atoms with Crippen molar-refractivity contribution in [3.05, 3.63) is 82.4 Å². The molecule has 1 aromatic heterocycles. The van der Waals surface area contributed by atoms with Gasteiger partial charge in [0.1, 0.15) is 23.6 Å². The molecular weight excluding hydrogens is 618 g/mol. The van der Waals surface area contributed by atoms with Gasteiger partial charge in [-0.15, -0.1) is 5.10 Å². The van der Waals surface area contributed by atoms with Crippen molar-refractivity contribution in [1.82, 2.24) is 35.3 Å². The molecule has 2 heterocycles. The van der Waals surface area contributed by atoms with E-state index in [1.807, 2.05) is 61.6 Å². The van der Waals surface area contributed by atoms with E-state index in [1.54, 1.807) is 4.90 Å². The van der Waals surface area contributed by atoms with Crippen LogP contribution < -0.4 is 16.0 Å². The minimum atomic E-state index is -0.748. The van der Waals surface area contributed by atoms with Crippen molar-refractivity contribution in [1.29, 1.82) is 0 Å². The van der Waals surface area contributed by atoms with Gasteiger partial charge in [-0.2, -0.15) is 0 Å². The zero-order valence-electron chi connectivity index (χ0n) is 26.7. The second kappa shape index (κ2) is 17.0. The summed E-state index contributed by atoms with van der Waals surface area (Å²) in [5.41, 5.74) is 2.62. The first-order valence-electron chi connectivity index (χ1n) is 16.2. The fourth-order valence-corrected chi connectivity index (χ4v) is 6.45. The van der Waals surface area contributed by atoms with Gasteiger partial charge in [0, 0.05) is 39.1 Å². The highest BCUT2D eigenvalue weighted by atomic mass is 32.1. The summed E-state index contributed by atoms with van der Waals surface area (Å²) in [6.45, 7) is 3.16. The summed E-state index contributed by atoms with van der Waals surface area (Å²) in [7, 11) is 2.02. The molecule has 2 atom stereocenters. The highest BCUT2D eigenvalue weighted by molar-refractivity contribution is 7.07. The Morgan fingerprint density at radius 3 is 2.28 bits per heavy atom. The van der Waals surface area contributed by atoms with Crippen molar-refractivity contribution in [3.63, 3.8) is 0 Å². The van der Waals surface area contributed by atoms with E-state index < -0.39 is 18.2 Å². The average molecular weight is 662 g/mol. The third kappa shape index (κ3) is 10.1. The Morgan fingerprint density at radius 1 is 0.894 bits per heavy atom. The summed E-state index contributed by atoms with van der Waals surface area (Å²) in [5, 5.41) is 12.5. The van der Waals surface area contributed by atoms with Crippen molar-refractivity contribution in [3.8, 4) is 0 Å². The topological polar surface area (TPSA) is 146 Å². The number of aromatic nitrogens is 2. The maximum absolute atomic E-state index is 13.5. The standard InChI is InChI=1S/C34H43N7O5S/c1-40-16-18-41(19-17-40)33(44)28(37-31(42)29-22-36-39-47-29)20-24-12-14-25(15-13-24)21-35-32(43)30(27-10-6-3-7-11-27)38-34(45)46-23-26-8-4-2-5-9-26/h2,4-5,8-9,12-15,22,27-28,30H,3,6-7,10-11,16-21,23H2,1H3,(H,35,43)(H,37,42)(H,38,45)/t28-,30+/m1/s1. The third-order valence-corrected chi connectivity index (χ3v) is 9.49. The quantitative estimate of drug-likeness (QED) is 0.269. The van der Waals surface area contributed by atoms with E-state index in [0.717, 1.165) is 73.4 Å². The van der Waals surface area contributed by atoms with E-state index in [9.17, 15) is 19.2 Å². The highest BCUT2D eigenvalue weighted by Crippen LogP contribution is 2.27. The first-order chi connectivity index (χ1) is 22.9. The molecule has 47 heavy (non-hydrogen) atoms. The van der Waals surface area contributed by atoms with Crippen molar-refractivity contribution >= 4 is 35.3 Å². The van der Waals surface area contributed by atoms with Crippen LogP contribution in [0.3, 0.4) is 0 Å². The number of alkyl carbamates (subject to hydrolysis) is 1. The molecule has 1 saturated heterocycles. The number of ether oxygens (including phenoxy) is 1. The number of likely N-dealkylation sites (N-methyl/N-ethyl adjacent to an activating group) is 1. The summed E-state index contributed by atoms with van der Waals surface area (Å²) in [5.74, 6) is -0.697. The van der Waals surface area contributed by atoms with E-state index in [0.29, 0.717) is 24.4 Å². The van der Waals surface area contributed by atoms with Crippen LogP contribution in [0.5, 0.6) is 0 Å². The number of nitrogens with one attached hydrogen (secondary N) is 3. The molecule has 250 valence electrons. The molecule has 13 heteroatoms. The molecule has 0 spiro atoms. The molecular formula is C34H43N7O5S. The van der Waals surface area contributed by atoms with Crippen LogP contribution in [0.15, 0.2) is 60.8 Å². The smallest absolute Gasteiger partial charge is 0.408 e. The maximum Gasteiger partial charge on any atom is 0.408 e. The second-order valence-corrected chi connectivity index (χ2v) is 13.0. The number of carbonyl (C=O) groups is 4. The molecule has 3 aromatic rings. The molecule has 0 radical (unpaired) electrons. The van der Waals surface area contributed by atoms with Gasteiger partial charge in [0.2, 0.25) is 11.8 Å². The lowest BCUT2D eigenvalue weighted by molar-refractivity contribution is -0.134. The number of hydrogen-bond donors (Lipinski definition) is 3. The first-order valence-corrected chi connectivity index (χ1v) is 17.0. The van der Waals surface area contributed by atoms with Crippen LogP contribution in [0.4, 0.5) is 4.79 Å². The van der Waals surface area contributed by atoms with Crippen LogP contribution in [0.1, 0.15) is 58.5 Å².